The van der Waals surface area contributed by atoms with E-state index >= 15 is 0 Å². The minimum absolute atomic E-state index is 0.0704. The van der Waals surface area contributed by atoms with Gasteiger partial charge in [-0.2, -0.15) is 0 Å². The van der Waals surface area contributed by atoms with Crippen LogP contribution < -0.4 is 10.1 Å². The zero-order valence-corrected chi connectivity index (χ0v) is 18.4. The van der Waals surface area contributed by atoms with Gasteiger partial charge in [0.25, 0.3) is 11.6 Å². The van der Waals surface area contributed by atoms with Crippen molar-refractivity contribution in [2.75, 3.05) is 18.5 Å². The summed E-state index contributed by atoms with van der Waals surface area (Å²) in [7, 11) is 0. The number of rotatable bonds is 9. The molecular weight excluding hydrogens is 432 g/mol. The number of non-ortho nitro benzene ring substituents is 1. The Balaban J connectivity index is 1.75. The minimum atomic E-state index is -0.519. The number of hydrogen-bond acceptors (Lipinski definition) is 7. The Bertz CT molecular complexity index is 1110. The first-order valence-electron chi connectivity index (χ1n) is 9.98. The van der Waals surface area contributed by atoms with E-state index in [-0.39, 0.29) is 18.9 Å². The third-order valence-electron chi connectivity index (χ3n) is 4.61. The van der Waals surface area contributed by atoms with Crippen LogP contribution in [0.1, 0.15) is 29.8 Å². The molecule has 1 N–H and O–H groups in total. The molecule has 32 heavy (non-hydrogen) atoms. The Morgan fingerprint density at radius 1 is 1.06 bits per heavy atom. The van der Waals surface area contributed by atoms with E-state index in [4.69, 9.17) is 9.47 Å². The molecule has 0 aliphatic carbocycles. The van der Waals surface area contributed by atoms with E-state index < -0.39 is 16.8 Å². The standard InChI is InChI=1S/C23H22N2O6S/c1-3-15-5-7-16(8-6-15)19-14-32-22(21(19)23(27)30-4-2)24-20(26)13-31-18-11-9-17(10-12-18)25(28)29/h5-12,14H,3-4,13H2,1-2H3,(H,24,26). The van der Waals surface area contributed by atoms with Crippen LogP contribution in [-0.4, -0.2) is 30.0 Å². The molecule has 0 aliphatic heterocycles. The van der Waals surface area contributed by atoms with Crippen LogP contribution in [0.25, 0.3) is 11.1 Å². The highest BCUT2D eigenvalue weighted by Crippen LogP contribution is 2.36. The molecule has 0 unspecified atom stereocenters. The molecule has 166 valence electrons. The number of esters is 1. The second-order valence-electron chi connectivity index (χ2n) is 6.71. The molecule has 1 amide bonds. The second kappa shape index (κ2) is 10.5. The molecular formula is C23H22N2O6S. The molecule has 0 radical (unpaired) electrons. The molecule has 0 atom stereocenters. The summed E-state index contributed by atoms with van der Waals surface area (Å²) in [5.74, 6) is -0.669. The SMILES string of the molecule is CCOC(=O)c1c(-c2ccc(CC)cc2)csc1NC(=O)COc1ccc([N+](=O)[O-])cc1. The van der Waals surface area contributed by atoms with Crippen molar-refractivity contribution in [2.45, 2.75) is 20.3 Å². The smallest absolute Gasteiger partial charge is 0.341 e. The Kier molecular flexibility index (Phi) is 7.56. The Morgan fingerprint density at radius 3 is 2.34 bits per heavy atom. The van der Waals surface area contributed by atoms with Gasteiger partial charge in [0.15, 0.2) is 6.61 Å². The molecule has 1 aromatic heterocycles. The fourth-order valence-electron chi connectivity index (χ4n) is 2.96. The number of thiophene rings is 1. The van der Waals surface area contributed by atoms with Gasteiger partial charge in [-0.05, 0) is 36.6 Å². The highest BCUT2D eigenvalue weighted by Gasteiger charge is 2.23. The van der Waals surface area contributed by atoms with Gasteiger partial charge in [0.1, 0.15) is 16.3 Å². The fourth-order valence-corrected chi connectivity index (χ4v) is 3.94. The Morgan fingerprint density at radius 2 is 1.75 bits per heavy atom. The van der Waals surface area contributed by atoms with Gasteiger partial charge in [-0.3, -0.25) is 14.9 Å². The van der Waals surface area contributed by atoms with Crippen molar-refractivity contribution in [3.8, 4) is 16.9 Å². The predicted octanol–water partition coefficient (Wildman–Crippen LogP) is 5.08. The van der Waals surface area contributed by atoms with E-state index in [1.807, 2.05) is 24.3 Å². The number of amides is 1. The van der Waals surface area contributed by atoms with Crippen LogP contribution in [0.2, 0.25) is 0 Å². The number of nitro benzene ring substituents is 1. The summed E-state index contributed by atoms with van der Waals surface area (Å²) in [5, 5.41) is 15.6. The van der Waals surface area contributed by atoms with Gasteiger partial charge >= 0.3 is 5.97 Å². The number of benzene rings is 2. The van der Waals surface area contributed by atoms with E-state index in [1.165, 1.54) is 41.2 Å². The van der Waals surface area contributed by atoms with Gasteiger partial charge < -0.3 is 14.8 Å². The maximum Gasteiger partial charge on any atom is 0.341 e. The molecule has 0 fully saturated rings. The molecule has 9 heteroatoms. The number of aryl methyl sites for hydroxylation is 1. The lowest BCUT2D eigenvalue weighted by molar-refractivity contribution is -0.384. The fraction of sp³-hybridized carbons (Fsp3) is 0.217. The molecule has 0 saturated carbocycles. The highest BCUT2D eigenvalue weighted by molar-refractivity contribution is 7.15. The van der Waals surface area contributed by atoms with Crippen molar-refractivity contribution in [1.29, 1.82) is 0 Å². The van der Waals surface area contributed by atoms with Crippen molar-refractivity contribution in [3.63, 3.8) is 0 Å². The van der Waals surface area contributed by atoms with Gasteiger partial charge in [-0.15, -0.1) is 11.3 Å². The van der Waals surface area contributed by atoms with Gasteiger partial charge in [-0.1, -0.05) is 31.2 Å². The lowest BCUT2D eigenvalue weighted by Gasteiger charge is -2.10. The first-order chi connectivity index (χ1) is 15.4. The van der Waals surface area contributed by atoms with Crippen LogP contribution in [0.3, 0.4) is 0 Å². The van der Waals surface area contributed by atoms with Crippen molar-refractivity contribution in [3.05, 3.63) is 75.2 Å². The molecule has 0 bridgehead atoms. The normalized spacial score (nSPS) is 10.4. The lowest BCUT2D eigenvalue weighted by atomic mass is 10.0. The first kappa shape index (κ1) is 23.0. The highest BCUT2D eigenvalue weighted by atomic mass is 32.1. The number of nitrogens with zero attached hydrogens (tertiary/aromatic N) is 1. The Hall–Kier alpha value is -3.72. The van der Waals surface area contributed by atoms with E-state index in [0.29, 0.717) is 21.9 Å². The molecule has 0 spiro atoms. The second-order valence-corrected chi connectivity index (χ2v) is 7.59. The third kappa shape index (κ3) is 5.50. The summed E-state index contributed by atoms with van der Waals surface area (Å²) in [6.07, 6.45) is 0.907. The van der Waals surface area contributed by atoms with Crippen LogP contribution in [0, 0.1) is 10.1 Å². The largest absolute Gasteiger partial charge is 0.484 e. The average molecular weight is 455 g/mol. The maximum atomic E-state index is 12.6. The monoisotopic (exact) mass is 454 g/mol. The van der Waals surface area contributed by atoms with Gasteiger partial charge in [-0.25, -0.2) is 4.79 Å². The molecule has 3 rings (SSSR count). The molecule has 0 saturated heterocycles. The topological polar surface area (TPSA) is 108 Å². The Labute approximate surface area is 188 Å². The third-order valence-corrected chi connectivity index (χ3v) is 5.51. The quantitative estimate of drug-likeness (QED) is 0.274. The van der Waals surface area contributed by atoms with Crippen LogP contribution in [0.15, 0.2) is 53.9 Å². The summed E-state index contributed by atoms with van der Waals surface area (Å²) in [5.41, 5.74) is 2.94. The van der Waals surface area contributed by atoms with Crippen LogP contribution in [0.5, 0.6) is 5.75 Å². The molecule has 0 aliphatic rings. The van der Waals surface area contributed by atoms with Gasteiger partial charge in [0.2, 0.25) is 0 Å². The van der Waals surface area contributed by atoms with Gasteiger partial charge in [0, 0.05) is 23.1 Å². The number of carbonyl (C=O) groups excluding carboxylic acids is 2. The molecule has 3 aromatic rings. The van der Waals surface area contributed by atoms with Crippen molar-refractivity contribution in [2.24, 2.45) is 0 Å². The molecule has 1 heterocycles. The van der Waals surface area contributed by atoms with E-state index in [2.05, 4.69) is 12.2 Å². The zero-order chi connectivity index (χ0) is 23.1. The molecule has 2 aromatic carbocycles. The van der Waals surface area contributed by atoms with Crippen LogP contribution in [-0.2, 0) is 16.0 Å². The number of nitro groups is 1. The summed E-state index contributed by atoms with van der Waals surface area (Å²) in [6.45, 7) is 3.67. The number of nitrogens with one attached hydrogen (secondary N) is 1. The summed E-state index contributed by atoms with van der Waals surface area (Å²) < 4.78 is 10.6. The maximum absolute atomic E-state index is 12.6. The lowest BCUT2D eigenvalue weighted by Crippen LogP contribution is -2.21. The van der Waals surface area contributed by atoms with Crippen molar-refractivity contribution in [1.82, 2.24) is 0 Å². The zero-order valence-electron chi connectivity index (χ0n) is 17.6. The number of hydrogen-bond donors (Lipinski definition) is 1. The van der Waals surface area contributed by atoms with Crippen LogP contribution >= 0.6 is 11.3 Å². The first-order valence-corrected chi connectivity index (χ1v) is 10.9. The number of ether oxygens (including phenoxy) is 2. The van der Waals surface area contributed by atoms with E-state index in [1.54, 1.807) is 12.3 Å². The van der Waals surface area contributed by atoms with Gasteiger partial charge in [0.05, 0.1) is 11.5 Å². The molecule has 8 nitrogen and oxygen atoms in total. The van der Waals surface area contributed by atoms with Crippen LogP contribution in [0.4, 0.5) is 10.7 Å². The predicted molar refractivity (Wildman–Crippen MR) is 122 cm³/mol. The number of anilines is 1. The summed E-state index contributed by atoms with van der Waals surface area (Å²) >= 11 is 1.23. The summed E-state index contributed by atoms with van der Waals surface area (Å²) in [4.78, 5) is 35.3. The van der Waals surface area contributed by atoms with Crippen molar-refractivity contribution < 1.29 is 24.0 Å². The van der Waals surface area contributed by atoms with Crippen molar-refractivity contribution >= 4 is 33.9 Å². The van der Waals surface area contributed by atoms with E-state index in [0.717, 1.165) is 12.0 Å². The average Bonchev–Trinajstić information content (AvgIpc) is 3.21. The summed E-state index contributed by atoms with van der Waals surface area (Å²) in [6, 6.07) is 13.3. The number of carbonyl (C=O) groups is 2. The minimum Gasteiger partial charge on any atom is -0.484 e. The van der Waals surface area contributed by atoms with E-state index in [9.17, 15) is 19.7 Å².